The van der Waals surface area contributed by atoms with Gasteiger partial charge in [-0.25, -0.2) is 5.43 Å². The van der Waals surface area contributed by atoms with E-state index >= 15 is 0 Å². The van der Waals surface area contributed by atoms with Crippen molar-refractivity contribution in [1.29, 1.82) is 0 Å². The van der Waals surface area contributed by atoms with Crippen molar-refractivity contribution in [3.05, 3.63) is 76.5 Å². The lowest BCUT2D eigenvalue weighted by atomic mass is 10.0. The minimum Gasteiger partial charge on any atom is -0.272 e. The first kappa shape index (κ1) is 17.6. The summed E-state index contributed by atoms with van der Waals surface area (Å²) in [7, 11) is 0. The van der Waals surface area contributed by atoms with Crippen molar-refractivity contribution in [2.24, 2.45) is 5.10 Å². The number of hydrogen-bond donors (Lipinski definition) is 2. The Morgan fingerprint density at radius 3 is 2.58 bits per heavy atom. The van der Waals surface area contributed by atoms with Gasteiger partial charge in [0.1, 0.15) is 5.69 Å². The van der Waals surface area contributed by atoms with Crippen LogP contribution in [-0.2, 0) is 6.42 Å². The van der Waals surface area contributed by atoms with Crippen molar-refractivity contribution < 1.29 is 4.79 Å². The van der Waals surface area contributed by atoms with Crippen LogP contribution in [0.5, 0.6) is 0 Å². The van der Waals surface area contributed by atoms with Crippen LogP contribution in [0.2, 0.25) is 0 Å². The minimum atomic E-state index is -0.325. The lowest BCUT2D eigenvalue weighted by molar-refractivity contribution is 0.0950. The van der Waals surface area contributed by atoms with Crippen LogP contribution in [0.25, 0.3) is 11.3 Å². The van der Waals surface area contributed by atoms with Crippen molar-refractivity contribution in [2.75, 3.05) is 0 Å². The summed E-state index contributed by atoms with van der Waals surface area (Å²) in [6.45, 7) is 6.23. The number of nitrogens with zero attached hydrogens (tertiary/aromatic N) is 2. The van der Waals surface area contributed by atoms with Crippen LogP contribution in [0.15, 0.2) is 53.6 Å². The van der Waals surface area contributed by atoms with E-state index in [2.05, 4.69) is 47.6 Å². The highest BCUT2D eigenvalue weighted by Crippen LogP contribution is 2.20. The van der Waals surface area contributed by atoms with E-state index in [0.717, 1.165) is 23.2 Å². The quantitative estimate of drug-likeness (QED) is 0.541. The zero-order valence-corrected chi connectivity index (χ0v) is 15.2. The van der Waals surface area contributed by atoms with Gasteiger partial charge in [-0.3, -0.25) is 9.89 Å². The molecule has 0 saturated carbocycles. The van der Waals surface area contributed by atoms with Crippen LogP contribution < -0.4 is 5.43 Å². The molecule has 3 aromatic rings. The van der Waals surface area contributed by atoms with E-state index in [1.165, 1.54) is 16.7 Å². The molecule has 3 rings (SSSR count). The van der Waals surface area contributed by atoms with Gasteiger partial charge in [-0.2, -0.15) is 10.2 Å². The van der Waals surface area contributed by atoms with Gasteiger partial charge in [0.05, 0.1) is 11.9 Å². The molecule has 1 aromatic heterocycles. The number of carbonyl (C=O) groups is 1. The van der Waals surface area contributed by atoms with Crippen LogP contribution in [-0.4, -0.2) is 22.3 Å². The van der Waals surface area contributed by atoms with Gasteiger partial charge in [0.2, 0.25) is 0 Å². The Morgan fingerprint density at radius 2 is 1.88 bits per heavy atom. The third kappa shape index (κ3) is 4.06. The van der Waals surface area contributed by atoms with E-state index in [1.54, 1.807) is 12.3 Å². The largest absolute Gasteiger partial charge is 0.289 e. The van der Waals surface area contributed by atoms with Crippen LogP contribution in [0.1, 0.15) is 39.7 Å². The van der Waals surface area contributed by atoms with Crippen molar-refractivity contribution >= 4 is 12.1 Å². The number of aromatic nitrogens is 2. The molecule has 0 bridgehead atoms. The molecule has 132 valence electrons. The highest BCUT2D eigenvalue weighted by molar-refractivity contribution is 5.94. The average molecular weight is 346 g/mol. The maximum atomic E-state index is 12.2. The summed E-state index contributed by atoms with van der Waals surface area (Å²) in [4.78, 5) is 12.2. The number of carbonyl (C=O) groups excluding carboxylic acids is 1. The SMILES string of the molecule is CCc1ccc(/C=N\NC(=O)c2cc(-c3ccc(C)c(C)c3)n[nH]2)cc1. The van der Waals surface area contributed by atoms with Gasteiger partial charge in [-0.15, -0.1) is 0 Å². The monoisotopic (exact) mass is 346 g/mol. The van der Waals surface area contributed by atoms with Crippen LogP contribution >= 0.6 is 0 Å². The van der Waals surface area contributed by atoms with E-state index in [0.29, 0.717) is 5.69 Å². The molecule has 1 heterocycles. The number of aromatic amines is 1. The zero-order chi connectivity index (χ0) is 18.5. The van der Waals surface area contributed by atoms with Gasteiger partial charge in [0, 0.05) is 5.56 Å². The second kappa shape index (κ2) is 7.78. The normalized spacial score (nSPS) is 11.0. The van der Waals surface area contributed by atoms with E-state index in [9.17, 15) is 4.79 Å². The molecule has 5 heteroatoms. The molecule has 26 heavy (non-hydrogen) atoms. The Bertz CT molecular complexity index is 939. The van der Waals surface area contributed by atoms with Crippen molar-refractivity contribution in [2.45, 2.75) is 27.2 Å². The van der Waals surface area contributed by atoms with Gasteiger partial charge < -0.3 is 0 Å². The number of H-pyrrole nitrogens is 1. The average Bonchev–Trinajstić information content (AvgIpc) is 3.15. The molecule has 0 fully saturated rings. The number of hydrazone groups is 1. The molecule has 0 spiro atoms. The van der Waals surface area contributed by atoms with Gasteiger partial charge in [-0.1, -0.05) is 43.3 Å². The third-order valence-corrected chi connectivity index (χ3v) is 4.39. The summed E-state index contributed by atoms with van der Waals surface area (Å²) in [5, 5.41) is 11.0. The molecule has 0 radical (unpaired) electrons. The predicted octanol–water partition coefficient (Wildman–Crippen LogP) is 4.02. The van der Waals surface area contributed by atoms with Crippen molar-refractivity contribution in [3.8, 4) is 11.3 Å². The van der Waals surface area contributed by atoms with Gasteiger partial charge in [0.15, 0.2) is 0 Å². The third-order valence-electron chi connectivity index (χ3n) is 4.39. The summed E-state index contributed by atoms with van der Waals surface area (Å²) in [6, 6.07) is 15.9. The zero-order valence-electron chi connectivity index (χ0n) is 15.2. The number of hydrogen-bond acceptors (Lipinski definition) is 3. The lowest BCUT2D eigenvalue weighted by Gasteiger charge is -2.01. The second-order valence-electron chi connectivity index (χ2n) is 6.26. The summed E-state index contributed by atoms with van der Waals surface area (Å²) >= 11 is 0. The predicted molar refractivity (Wildman–Crippen MR) is 104 cm³/mol. The van der Waals surface area contributed by atoms with Gasteiger partial charge in [0.25, 0.3) is 5.91 Å². The Morgan fingerprint density at radius 1 is 1.12 bits per heavy atom. The molecule has 0 saturated heterocycles. The van der Waals surface area contributed by atoms with Gasteiger partial charge in [-0.05, 0) is 54.7 Å². The number of benzene rings is 2. The molecular weight excluding hydrogens is 324 g/mol. The summed E-state index contributed by atoms with van der Waals surface area (Å²) in [5.74, 6) is -0.325. The summed E-state index contributed by atoms with van der Waals surface area (Å²) in [6.07, 6.45) is 2.62. The molecule has 5 nitrogen and oxygen atoms in total. The van der Waals surface area contributed by atoms with Crippen LogP contribution in [0.3, 0.4) is 0 Å². The fraction of sp³-hybridized carbons (Fsp3) is 0.190. The summed E-state index contributed by atoms with van der Waals surface area (Å²) < 4.78 is 0. The van der Waals surface area contributed by atoms with Gasteiger partial charge >= 0.3 is 0 Å². The van der Waals surface area contributed by atoms with Crippen LogP contribution in [0, 0.1) is 13.8 Å². The smallest absolute Gasteiger partial charge is 0.272 e. The fourth-order valence-electron chi connectivity index (χ4n) is 2.55. The molecule has 1 amide bonds. The molecule has 0 atom stereocenters. The molecule has 0 unspecified atom stereocenters. The number of amides is 1. The Kier molecular flexibility index (Phi) is 5.27. The minimum absolute atomic E-state index is 0.325. The lowest BCUT2D eigenvalue weighted by Crippen LogP contribution is -2.17. The molecule has 2 N–H and O–H groups in total. The van der Waals surface area contributed by atoms with Crippen molar-refractivity contribution in [3.63, 3.8) is 0 Å². The van der Waals surface area contributed by atoms with Crippen LogP contribution in [0.4, 0.5) is 0 Å². The Labute approximate surface area is 153 Å². The van der Waals surface area contributed by atoms with E-state index in [4.69, 9.17) is 0 Å². The first-order chi connectivity index (χ1) is 12.6. The first-order valence-corrected chi connectivity index (χ1v) is 8.62. The van der Waals surface area contributed by atoms with E-state index < -0.39 is 0 Å². The number of rotatable bonds is 5. The topological polar surface area (TPSA) is 70.1 Å². The number of nitrogens with one attached hydrogen (secondary N) is 2. The second-order valence-corrected chi connectivity index (χ2v) is 6.26. The van der Waals surface area contributed by atoms with Crippen molar-refractivity contribution in [1.82, 2.24) is 15.6 Å². The molecule has 0 aliphatic heterocycles. The molecular formula is C21H22N4O. The molecule has 0 aliphatic rings. The standard InChI is InChI=1S/C21H22N4O/c1-4-16-6-8-17(9-7-16)13-22-25-21(26)20-12-19(23-24-20)18-10-5-14(2)15(3)11-18/h5-13H,4H2,1-3H3,(H,23,24)(H,25,26)/b22-13-. The number of aryl methyl sites for hydroxylation is 3. The fourth-order valence-corrected chi connectivity index (χ4v) is 2.55. The Balaban J connectivity index is 1.65. The maximum absolute atomic E-state index is 12.2. The maximum Gasteiger partial charge on any atom is 0.289 e. The molecule has 0 aliphatic carbocycles. The first-order valence-electron chi connectivity index (χ1n) is 8.62. The van der Waals surface area contributed by atoms with E-state index in [1.807, 2.05) is 36.4 Å². The summed E-state index contributed by atoms with van der Waals surface area (Å²) in [5.41, 5.74) is 9.22. The highest BCUT2D eigenvalue weighted by Gasteiger charge is 2.10. The highest BCUT2D eigenvalue weighted by atomic mass is 16.2. The molecule has 2 aromatic carbocycles. The Hall–Kier alpha value is -3.21. The van der Waals surface area contributed by atoms with E-state index in [-0.39, 0.29) is 5.91 Å².